The first kappa shape index (κ1) is 14.0. The smallest absolute Gasteiger partial charge is 0.0922 e. The van der Waals surface area contributed by atoms with E-state index in [1.165, 1.54) is 37.3 Å². The minimum atomic E-state index is 0.446. The number of hydrogen-bond donors (Lipinski definition) is 1. The Kier molecular flexibility index (Phi) is 4.13. The van der Waals surface area contributed by atoms with Crippen molar-refractivity contribution in [2.75, 3.05) is 22.9 Å². The summed E-state index contributed by atoms with van der Waals surface area (Å²) in [6.45, 7) is 7.70. The van der Waals surface area contributed by atoms with Gasteiger partial charge in [0.1, 0.15) is 0 Å². The SMILES string of the molecule is CC(C)N(Cc1cnc[nH]1)c1cccc(N2CCCC2)c1. The van der Waals surface area contributed by atoms with Crippen LogP contribution in [0.25, 0.3) is 0 Å². The first-order valence-corrected chi connectivity index (χ1v) is 7.83. The van der Waals surface area contributed by atoms with E-state index in [0.29, 0.717) is 6.04 Å². The molecule has 112 valence electrons. The van der Waals surface area contributed by atoms with Crippen molar-refractivity contribution in [2.24, 2.45) is 0 Å². The standard InChI is InChI=1S/C17H24N4/c1-14(2)21(12-15-11-18-13-19-15)17-7-5-6-16(10-17)20-8-3-4-9-20/h5-7,10-11,13-14H,3-4,8-9,12H2,1-2H3,(H,18,19). The van der Waals surface area contributed by atoms with E-state index < -0.39 is 0 Å². The summed E-state index contributed by atoms with van der Waals surface area (Å²) >= 11 is 0. The minimum Gasteiger partial charge on any atom is -0.371 e. The highest BCUT2D eigenvalue weighted by Gasteiger charge is 2.16. The molecule has 1 aliphatic heterocycles. The predicted octanol–water partition coefficient (Wildman–Crippen LogP) is 3.42. The van der Waals surface area contributed by atoms with Gasteiger partial charge in [0.25, 0.3) is 0 Å². The van der Waals surface area contributed by atoms with Crippen molar-refractivity contribution in [2.45, 2.75) is 39.3 Å². The molecule has 4 nitrogen and oxygen atoms in total. The van der Waals surface area contributed by atoms with Crippen LogP contribution >= 0.6 is 0 Å². The zero-order valence-corrected chi connectivity index (χ0v) is 12.9. The third kappa shape index (κ3) is 3.20. The maximum absolute atomic E-state index is 4.12. The maximum Gasteiger partial charge on any atom is 0.0922 e. The summed E-state index contributed by atoms with van der Waals surface area (Å²) in [5, 5.41) is 0. The number of imidazole rings is 1. The number of nitrogens with zero attached hydrogens (tertiary/aromatic N) is 3. The third-order valence-electron chi connectivity index (χ3n) is 4.15. The van der Waals surface area contributed by atoms with E-state index >= 15 is 0 Å². The number of rotatable bonds is 5. The molecule has 0 bridgehead atoms. The second-order valence-corrected chi connectivity index (χ2v) is 6.01. The highest BCUT2D eigenvalue weighted by Crippen LogP contribution is 2.27. The molecule has 1 aliphatic rings. The summed E-state index contributed by atoms with van der Waals surface area (Å²) in [5.41, 5.74) is 3.78. The highest BCUT2D eigenvalue weighted by molar-refractivity contribution is 5.60. The number of aromatic amines is 1. The summed E-state index contributed by atoms with van der Waals surface area (Å²) < 4.78 is 0. The Morgan fingerprint density at radius 1 is 1.29 bits per heavy atom. The molecular formula is C17H24N4. The van der Waals surface area contributed by atoms with Crippen LogP contribution in [0, 0.1) is 0 Å². The Balaban J connectivity index is 1.83. The Labute approximate surface area is 126 Å². The molecule has 3 rings (SSSR count). The Bertz CT molecular complexity index is 556. The molecule has 2 aromatic rings. The van der Waals surface area contributed by atoms with Gasteiger partial charge in [-0.25, -0.2) is 4.98 Å². The Hall–Kier alpha value is -1.97. The van der Waals surface area contributed by atoms with Gasteiger partial charge in [0.15, 0.2) is 0 Å². The summed E-state index contributed by atoms with van der Waals surface area (Å²) in [7, 11) is 0. The highest BCUT2D eigenvalue weighted by atomic mass is 15.2. The fourth-order valence-electron chi connectivity index (χ4n) is 2.97. The largest absolute Gasteiger partial charge is 0.371 e. The van der Waals surface area contributed by atoms with E-state index in [1.807, 2.05) is 6.20 Å². The van der Waals surface area contributed by atoms with E-state index in [4.69, 9.17) is 0 Å². The molecule has 0 amide bonds. The number of benzene rings is 1. The van der Waals surface area contributed by atoms with Gasteiger partial charge in [0, 0.05) is 36.7 Å². The second-order valence-electron chi connectivity index (χ2n) is 6.01. The topological polar surface area (TPSA) is 35.2 Å². The van der Waals surface area contributed by atoms with Gasteiger partial charge in [-0.3, -0.25) is 0 Å². The molecule has 0 atom stereocenters. The summed E-state index contributed by atoms with van der Waals surface area (Å²) in [5.74, 6) is 0. The fraction of sp³-hybridized carbons (Fsp3) is 0.471. The van der Waals surface area contributed by atoms with E-state index in [9.17, 15) is 0 Å². The number of hydrogen-bond acceptors (Lipinski definition) is 3. The molecule has 21 heavy (non-hydrogen) atoms. The molecule has 2 heterocycles. The maximum atomic E-state index is 4.12. The third-order valence-corrected chi connectivity index (χ3v) is 4.15. The first-order valence-electron chi connectivity index (χ1n) is 7.83. The molecule has 1 aromatic heterocycles. The summed E-state index contributed by atoms with van der Waals surface area (Å²) in [6, 6.07) is 9.37. The molecule has 1 saturated heterocycles. The van der Waals surface area contributed by atoms with Gasteiger partial charge in [-0.15, -0.1) is 0 Å². The van der Waals surface area contributed by atoms with Gasteiger partial charge in [-0.05, 0) is 44.9 Å². The summed E-state index contributed by atoms with van der Waals surface area (Å²) in [6.07, 6.45) is 6.27. The van der Waals surface area contributed by atoms with Crippen LogP contribution in [0.3, 0.4) is 0 Å². The average Bonchev–Trinajstić information content (AvgIpc) is 3.18. The van der Waals surface area contributed by atoms with Gasteiger partial charge in [-0.1, -0.05) is 6.07 Å². The number of aromatic nitrogens is 2. The number of nitrogens with one attached hydrogen (secondary N) is 1. The van der Waals surface area contributed by atoms with Gasteiger partial charge in [0.05, 0.1) is 18.6 Å². The van der Waals surface area contributed by atoms with Gasteiger partial charge >= 0.3 is 0 Å². The predicted molar refractivity (Wildman–Crippen MR) is 87.8 cm³/mol. The van der Waals surface area contributed by atoms with E-state index in [-0.39, 0.29) is 0 Å². The van der Waals surface area contributed by atoms with Crippen LogP contribution in [-0.4, -0.2) is 29.1 Å². The van der Waals surface area contributed by atoms with Crippen LogP contribution in [0.2, 0.25) is 0 Å². The molecular weight excluding hydrogens is 260 g/mol. The van der Waals surface area contributed by atoms with Gasteiger partial charge in [-0.2, -0.15) is 0 Å². The molecule has 1 fully saturated rings. The van der Waals surface area contributed by atoms with Crippen LogP contribution in [0.15, 0.2) is 36.8 Å². The number of H-pyrrole nitrogens is 1. The lowest BCUT2D eigenvalue weighted by Gasteiger charge is -2.30. The van der Waals surface area contributed by atoms with Crippen LogP contribution < -0.4 is 9.80 Å². The quantitative estimate of drug-likeness (QED) is 0.913. The van der Waals surface area contributed by atoms with Crippen molar-refractivity contribution in [3.05, 3.63) is 42.5 Å². The monoisotopic (exact) mass is 284 g/mol. The molecule has 0 radical (unpaired) electrons. The summed E-state index contributed by atoms with van der Waals surface area (Å²) in [4.78, 5) is 12.2. The molecule has 1 aromatic carbocycles. The van der Waals surface area contributed by atoms with E-state index in [0.717, 1.165) is 12.2 Å². The van der Waals surface area contributed by atoms with Gasteiger partial charge < -0.3 is 14.8 Å². The van der Waals surface area contributed by atoms with Crippen LogP contribution in [0.5, 0.6) is 0 Å². The van der Waals surface area contributed by atoms with E-state index in [2.05, 4.69) is 57.9 Å². The van der Waals surface area contributed by atoms with E-state index in [1.54, 1.807) is 6.33 Å². The van der Waals surface area contributed by atoms with Crippen molar-refractivity contribution in [1.82, 2.24) is 9.97 Å². The molecule has 1 N–H and O–H groups in total. The lowest BCUT2D eigenvalue weighted by molar-refractivity contribution is 0.675. The fourth-order valence-corrected chi connectivity index (χ4v) is 2.97. The van der Waals surface area contributed by atoms with Crippen LogP contribution in [0.1, 0.15) is 32.4 Å². The van der Waals surface area contributed by atoms with Crippen molar-refractivity contribution in [3.8, 4) is 0 Å². The van der Waals surface area contributed by atoms with Crippen LogP contribution in [-0.2, 0) is 6.54 Å². The Morgan fingerprint density at radius 2 is 2.10 bits per heavy atom. The lowest BCUT2D eigenvalue weighted by atomic mass is 10.2. The van der Waals surface area contributed by atoms with Crippen molar-refractivity contribution in [3.63, 3.8) is 0 Å². The second kappa shape index (κ2) is 6.20. The Morgan fingerprint density at radius 3 is 2.76 bits per heavy atom. The molecule has 0 aliphatic carbocycles. The molecule has 0 spiro atoms. The van der Waals surface area contributed by atoms with Gasteiger partial charge in [0.2, 0.25) is 0 Å². The molecule has 0 saturated carbocycles. The normalized spacial score (nSPS) is 14.9. The van der Waals surface area contributed by atoms with Crippen LogP contribution in [0.4, 0.5) is 11.4 Å². The first-order chi connectivity index (χ1) is 10.2. The molecule has 0 unspecified atom stereocenters. The lowest BCUT2D eigenvalue weighted by Crippen LogP contribution is -2.30. The number of anilines is 2. The van der Waals surface area contributed by atoms with Crippen molar-refractivity contribution < 1.29 is 0 Å². The zero-order valence-electron chi connectivity index (χ0n) is 12.9. The van der Waals surface area contributed by atoms with Crippen molar-refractivity contribution in [1.29, 1.82) is 0 Å². The molecule has 4 heteroatoms. The minimum absolute atomic E-state index is 0.446. The van der Waals surface area contributed by atoms with Crippen molar-refractivity contribution >= 4 is 11.4 Å². The average molecular weight is 284 g/mol. The zero-order chi connectivity index (χ0) is 14.7.